The summed E-state index contributed by atoms with van der Waals surface area (Å²) < 4.78 is 1.90. The van der Waals surface area contributed by atoms with Crippen LogP contribution < -0.4 is 5.32 Å². The highest BCUT2D eigenvalue weighted by Gasteiger charge is 2.23. The van der Waals surface area contributed by atoms with E-state index in [1.807, 2.05) is 16.7 Å². The molecule has 0 radical (unpaired) electrons. The van der Waals surface area contributed by atoms with Crippen molar-refractivity contribution in [2.24, 2.45) is 0 Å². The fraction of sp³-hybridized carbons (Fsp3) is 0.292. The number of nitrogens with one attached hydrogen (secondary N) is 1. The number of para-hydroxylation sites is 2. The number of amides is 1. The van der Waals surface area contributed by atoms with Crippen molar-refractivity contribution in [3.63, 3.8) is 0 Å². The molecule has 33 heavy (non-hydrogen) atoms. The second-order valence-corrected chi connectivity index (χ2v) is 9.86. The first kappa shape index (κ1) is 24.2. The molecule has 3 aromatic rings. The summed E-state index contributed by atoms with van der Waals surface area (Å²) in [5, 5.41) is 22.5. The zero-order chi connectivity index (χ0) is 24.2. The summed E-state index contributed by atoms with van der Waals surface area (Å²) >= 11 is 1.23. The van der Waals surface area contributed by atoms with Gasteiger partial charge in [0.05, 0.1) is 10.2 Å². The SMILES string of the molecule is C=CCn1c(SC(C)C(=O)Nc2ccccc2[N+](=O)[O-])nnc1-c1ccc(C(C)(C)C)cc1. The molecule has 0 saturated heterocycles. The smallest absolute Gasteiger partial charge is 0.292 e. The molecule has 1 aromatic heterocycles. The molecule has 0 saturated carbocycles. The van der Waals surface area contributed by atoms with Crippen molar-refractivity contribution in [3.8, 4) is 11.4 Å². The number of aromatic nitrogens is 3. The fourth-order valence-corrected chi connectivity index (χ4v) is 4.05. The molecule has 0 fully saturated rings. The van der Waals surface area contributed by atoms with Crippen molar-refractivity contribution in [2.45, 2.75) is 50.1 Å². The molecule has 172 valence electrons. The molecule has 2 aromatic carbocycles. The van der Waals surface area contributed by atoms with E-state index in [1.54, 1.807) is 25.1 Å². The van der Waals surface area contributed by atoms with Gasteiger partial charge in [0.25, 0.3) is 5.69 Å². The van der Waals surface area contributed by atoms with E-state index in [9.17, 15) is 14.9 Å². The maximum atomic E-state index is 12.7. The van der Waals surface area contributed by atoms with E-state index in [0.717, 1.165) is 5.56 Å². The molecule has 0 spiro atoms. The molecule has 0 aliphatic heterocycles. The van der Waals surface area contributed by atoms with Gasteiger partial charge in [0.1, 0.15) is 5.69 Å². The van der Waals surface area contributed by atoms with E-state index in [2.05, 4.69) is 55.0 Å². The number of carbonyl (C=O) groups excluding carboxylic acids is 1. The summed E-state index contributed by atoms with van der Waals surface area (Å²) in [6.07, 6.45) is 1.75. The van der Waals surface area contributed by atoms with E-state index in [-0.39, 0.29) is 22.7 Å². The van der Waals surface area contributed by atoms with Crippen molar-refractivity contribution < 1.29 is 9.72 Å². The Balaban J connectivity index is 1.81. The average molecular weight is 466 g/mol. The quantitative estimate of drug-likeness (QED) is 0.205. The van der Waals surface area contributed by atoms with E-state index in [1.165, 1.54) is 29.5 Å². The molecule has 0 aliphatic rings. The number of rotatable bonds is 8. The summed E-state index contributed by atoms with van der Waals surface area (Å²) in [6.45, 7) is 12.5. The van der Waals surface area contributed by atoms with Crippen LogP contribution in [0.3, 0.4) is 0 Å². The summed E-state index contributed by atoms with van der Waals surface area (Å²) in [4.78, 5) is 23.4. The second-order valence-electron chi connectivity index (χ2n) is 8.56. The molecule has 1 N–H and O–H groups in total. The van der Waals surface area contributed by atoms with Gasteiger partial charge in [0.15, 0.2) is 11.0 Å². The van der Waals surface area contributed by atoms with Crippen LogP contribution in [0.1, 0.15) is 33.3 Å². The minimum atomic E-state index is -0.561. The van der Waals surface area contributed by atoms with Crippen molar-refractivity contribution in [1.29, 1.82) is 0 Å². The highest BCUT2D eigenvalue weighted by atomic mass is 32.2. The average Bonchev–Trinajstić information content (AvgIpc) is 3.15. The number of anilines is 1. The Morgan fingerprint density at radius 1 is 1.21 bits per heavy atom. The van der Waals surface area contributed by atoms with Gasteiger partial charge in [0.2, 0.25) is 5.91 Å². The van der Waals surface area contributed by atoms with Crippen molar-refractivity contribution in [2.75, 3.05) is 5.32 Å². The van der Waals surface area contributed by atoms with Crippen molar-refractivity contribution in [1.82, 2.24) is 14.8 Å². The zero-order valence-electron chi connectivity index (χ0n) is 19.1. The maximum Gasteiger partial charge on any atom is 0.292 e. The predicted octanol–water partition coefficient (Wildman–Crippen LogP) is 5.46. The molecule has 1 unspecified atom stereocenters. The van der Waals surface area contributed by atoms with Crippen LogP contribution in [0.5, 0.6) is 0 Å². The Hall–Kier alpha value is -3.46. The Morgan fingerprint density at radius 2 is 1.88 bits per heavy atom. The van der Waals surface area contributed by atoms with E-state index >= 15 is 0 Å². The van der Waals surface area contributed by atoms with Gasteiger partial charge in [-0.1, -0.05) is 75.0 Å². The third-order valence-corrected chi connectivity index (χ3v) is 6.13. The minimum Gasteiger partial charge on any atom is -0.319 e. The van der Waals surface area contributed by atoms with Crippen LogP contribution in [0.25, 0.3) is 11.4 Å². The number of nitrogens with zero attached hydrogens (tertiary/aromatic N) is 4. The Labute approximate surface area is 197 Å². The van der Waals surface area contributed by atoms with Crippen molar-refractivity contribution >= 4 is 29.0 Å². The first-order valence-electron chi connectivity index (χ1n) is 10.5. The predicted molar refractivity (Wildman–Crippen MR) is 131 cm³/mol. The molecule has 1 heterocycles. The number of benzene rings is 2. The molecule has 9 heteroatoms. The standard InChI is InChI=1S/C24H27N5O3S/c1-6-15-28-21(17-11-13-18(14-12-17)24(3,4)5)26-27-23(28)33-16(2)22(30)25-19-9-7-8-10-20(19)29(31)32/h6-14,16H,1,15H2,2-5H3,(H,25,30). The molecule has 1 amide bonds. The lowest BCUT2D eigenvalue weighted by Gasteiger charge is -2.19. The lowest BCUT2D eigenvalue weighted by Crippen LogP contribution is -2.23. The first-order chi connectivity index (χ1) is 15.6. The molecule has 3 rings (SSSR count). The van der Waals surface area contributed by atoms with Crippen LogP contribution in [0.2, 0.25) is 0 Å². The molecule has 0 bridgehead atoms. The molecule has 0 aliphatic carbocycles. The number of carbonyl (C=O) groups is 1. The Kier molecular flexibility index (Phi) is 7.33. The Bertz CT molecular complexity index is 1170. The van der Waals surface area contributed by atoms with Crippen LogP contribution in [0.15, 0.2) is 66.3 Å². The minimum absolute atomic E-state index is 0.0466. The van der Waals surface area contributed by atoms with Gasteiger partial charge in [-0.05, 0) is 24.0 Å². The van der Waals surface area contributed by atoms with E-state index in [4.69, 9.17) is 0 Å². The summed E-state index contributed by atoms with van der Waals surface area (Å²) in [6, 6.07) is 14.2. The number of nitro benzene ring substituents is 1. The third kappa shape index (κ3) is 5.67. The lowest BCUT2D eigenvalue weighted by molar-refractivity contribution is -0.383. The highest BCUT2D eigenvalue weighted by molar-refractivity contribution is 8.00. The van der Waals surface area contributed by atoms with Gasteiger partial charge in [-0.25, -0.2) is 0 Å². The van der Waals surface area contributed by atoms with Gasteiger partial charge in [0, 0.05) is 18.2 Å². The molecular weight excluding hydrogens is 438 g/mol. The van der Waals surface area contributed by atoms with Gasteiger partial charge < -0.3 is 5.32 Å². The first-order valence-corrected chi connectivity index (χ1v) is 11.4. The van der Waals surface area contributed by atoms with E-state index in [0.29, 0.717) is 17.5 Å². The lowest BCUT2D eigenvalue weighted by atomic mass is 9.87. The topological polar surface area (TPSA) is 103 Å². The van der Waals surface area contributed by atoms with Crippen LogP contribution in [0, 0.1) is 10.1 Å². The van der Waals surface area contributed by atoms with Gasteiger partial charge in [-0.15, -0.1) is 16.8 Å². The second kappa shape index (κ2) is 9.99. The fourth-order valence-electron chi connectivity index (χ4n) is 3.19. The van der Waals surface area contributed by atoms with Gasteiger partial charge in [-0.2, -0.15) is 0 Å². The molecule has 1 atom stereocenters. The van der Waals surface area contributed by atoms with Crippen LogP contribution in [0.4, 0.5) is 11.4 Å². The number of nitro groups is 1. The largest absolute Gasteiger partial charge is 0.319 e. The zero-order valence-corrected chi connectivity index (χ0v) is 19.9. The van der Waals surface area contributed by atoms with Crippen LogP contribution in [-0.4, -0.2) is 30.8 Å². The number of thioether (sulfide) groups is 1. The Morgan fingerprint density at radius 3 is 2.48 bits per heavy atom. The third-order valence-electron chi connectivity index (χ3n) is 5.05. The van der Waals surface area contributed by atoms with Crippen molar-refractivity contribution in [3.05, 3.63) is 76.9 Å². The number of allylic oxidation sites excluding steroid dienone is 1. The van der Waals surface area contributed by atoms with Crippen LogP contribution in [-0.2, 0) is 16.8 Å². The van der Waals surface area contributed by atoms with Crippen LogP contribution >= 0.6 is 11.8 Å². The molecular formula is C24H27N5O3S. The number of hydrogen-bond donors (Lipinski definition) is 1. The van der Waals surface area contributed by atoms with E-state index < -0.39 is 10.2 Å². The normalized spacial score (nSPS) is 12.2. The summed E-state index contributed by atoms with van der Waals surface area (Å²) in [7, 11) is 0. The monoisotopic (exact) mass is 465 g/mol. The van der Waals surface area contributed by atoms with Gasteiger partial charge >= 0.3 is 0 Å². The van der Waals surface area contributed by atoms with Gasteiger partial charge in [-0.3, -0.25) is 19.5 Å². The number of hydrogen-bond acceptors (Lipinski definition) is 6. The summed E-state index contributed by atoms with van der Waals surface area (Å²) in [5.74, 6) is 0.322. The molecule has 8 nitrogen and oxygen atoms in total. The highest BCUT2D eigenvalue weighted by Crippen LogP contribution is 2.30. The summed E-state index contributed by atoms with van der Waals surface area (Å²) in [5.41, 5.74) is 2.19. The maximum absolute atomic E-state index is 12.7.